The van der Waals surface area contributed by atoms with Crippen LogP contribution in [0, 0.1) is 0 Å². The second-order valence-corrected chi connectivity index (χ2v) is 3.42. The molecule has 0 bridgehead atoms. The van der Waals surface area contributed by atoms with Crippen molar-refractivity contribution in [3.05, 3.63) is 12.2 Å². The van der Waals surface area contributed by atoms with Crippen LogP contribution in [-0.4, -0.2) is 34.2 Å². The molecule has 1 aliphatic rings. The van der Waals surface area contributed by atoms with Crippen LogP contribution in [-0.2, 0) is 4.79 Å². The van der Waals surface area contributed by atoms with Crippen LogP contribution in [0.4, 0.5) is 4.79 Å². The normalized spacial score (nSPS) is 18.2. The molecule has 0 aromatic heterocycles. The molecule has 0 aliphatic carbocycles. The number of hydrogen-bond acceptors (Lipinski definition) is 3. The molecule has 2 amide bonds. The topological polar surface area (TPSA) is 37.4 Å². The molecule has 5 heteroatoms. The minimum absolute atomic E-state index is 0.121. The molecular weight excluding hydrogens is 198 g/mol. The molecular formula is C7H8ClNO2S. The quantitative estimate of drug-likeness (QED) is 0.517. The van der Waals surface area contributed by atoms with Crippen molar-refractivity contribution in [2.75, 3.05) is 18.2 Å². The van der Waals surface area contributed by atoms with Crippen molar-refractivity contribution in [3.63, 3.8) is 0 Å². The number of rotatable bonds is 3. The summed E-state index contributed by atoms with van der Waals surface area (Å²) in [5.41, 5.74) is 0. The average molecular weight is 206 g/mol. The standard InChI is InChI=1S/C7H8ClNO2S/c8-3-1-2-4-9-6(10)5-12-7(9)11/h1-2H,3-5H2. The molecule has 1 heterocycles. The monoisotopic (exact) mass is 205 g/mol. The van der Waals surface area contributed by atoms with E-state index in [9.17, 15) is 9.59 Å². The Kier molecular flexibility index (Phi) is 3.62. The van der Waals surface area contributed by atoms with E-state index in [1.54, 1.807) is 12.2 Å². The summed E-state index contributed by atoms with van der Waals surface area (Å²) in [5.74, 6) is 0.556. The zero-order valence-corrected chi connectivity index (χ0v) is 7.90. The number of allylic oxidation sites excluding steroid dienone is 1. The highest BCUT2D eigenvalue weighted by atomic mass is 35.5. The van der Waals surface area contributed by atoms with Crippen molar-refractivity contribution in [2.24, 2.45) is 0 Å². The van der Waals surface area contributed by atoms with Crippen LogP contribution in [0.3, 0.4) is 0 Å². The molecule has 1 saturated heterocycles. The molecule has 66 valence electrons. The number of alkyl halides is 1. The van der Waals surface area contributed by atoms with E-state index in [-0.39, 0.29) is 16.9 Å². The van der Waals surface area contributed by atoms with Gasteiger partial charge in [0.15, 0.2) is 0 Å². The van der Waals surface area contributed by atoms with Gasteiger partial charge in [0.1, 0.15) is 0 Å². The largest absolute Gasteiger partial charge is 0.289 e. The van der Waals surface area contributed by atoms with Crippen LogP contribution in [0.2, 0.25) is 0 Å². The van der Waals surface area contributed by atoms with Gasteiger partial charge in [0.25, 0.3) is 5.24 Å². The van der Waals surface area contributed by atoms with Gasteiger partial charge in [-0.1, -0.05) is 23.9 Å². The van der Waals surface area contributed by atoms with Gasteiger partial charge in [0, 0.05) is 12.4 Å². The van der Waals surface area contributed by atoms with Crippen LogP contribution in [0.25, 0.3) is 0 Å². The van der Waals surface area contributed by atoms with E-state index in [1.165, 1.54) is 4.90 Å². The highest BCUT2D eigenvalue weighted by Gasteiger charge is 2.28. The molecule has 0 aromatic carbocycles. The second-order valence-electron chi connectivity index (χ2n) is 2.18. The first-order valence-electron chi connectivity index (χ1n) is 3.44. The van der Waals surface area contributed by atoms with E-state index < -0.39 is 0 Å². The first-order valence-corrected chi connectivity index (χ1v) is 4.96. The van der Waals surface area contributed by atoms with Gasteiger partial charge in [0.2, 0.25) is 5.91 Å². The molecule has 0 aromatic rings. The summed E-state index contributed by atoms with van der Waals surface area (Å²) in [6.07, 6.45) is 3.43. The number of imide groups is 1. The predicted molar refractivity (Wildman–Crippen MR) is 49.4 cm³/mol. The lowest BCUT2D eigenvalue weighted by Crippen LogP contribution is -2.28. The first-order chi connectivity index (χ1) is 5.75. The summed E-state index contributed by atoms with van der Waals surface area (Å²) in [4.78, 5) is 23.2. The summed E-state index contributed by atoms with van der Waals surface area (Å²) in [7, 11) is 0. The third kappa shape index (κ3) is 2.25. The Hall–Kier alpha value is -0.480. The Balaban J connectivity index is 2.45. The maximum Gasteiger partial charge on any atom is 0.289 e. The Labute approximate surface area is 79.7 Å². The lowest BCUT2D eigenvalue weighted by atomic mass is 10.4. The average Bonchev–Trinajstić information content (AvgIpc) is 2.35. The zero-order chi connectivity index (χ0) is 8.97. The first kappa shape index (κ1) is 9.61. The number of hydrogen-bond donors (Lipinski definition) is 0. The van der Waals surface area contributed by atoms with Gasteiger partial charge in [-0.3, -0.25) is 14.5 Å². The van der Waals surface area contributed by atoms with E-state index in [2.05, 4.69) is 0 Å². The van der Waals surface area contributed by atoms with Crippen LogP contribution in [0.15, 0.2) is 12.2 Å². The predicted octanol–water partition coefficient (Wildman–Crippen LogP) is 1.48. The van der Waals surface area contributed by atoms with Gasteiger partial charge in [-0.05, 0) is 0 Å². The molecule has 0 unspecified atom stereocenters. The van der Waals surface area contributed by atoms with Gasteiger partial charge in [-0.15, -0.1) is 11.6 Å². The fraction of sp³-hybridized carbons (Fsp3) is 0.429. The molecule has 1 rings (SSSR count). The van der Waals surface area contributed by atoms with Crippen molar-refractivity contribution >= 4 is 34.5 Å². The van der Waals surface area contributed by atoms with E-state index in [0.717, 1.165) is 11.8 Å². The Morgan fingerprint density at radius 1 is 1.50 bits per heavy atom. The van der Waals surface area contributed by atoms with Crippen molar-refractivity contribution in [1.29, 1.82) is 0 Å². The second kappa shape index (κ2) is 4.52. The highest BCUT2D eigenvalue weighted by molar-refractivity contribution is 8.14. The number of thioether (sulfide) groups is 1. The van der Waals surface area contributed by atoms with Crippen LogP contribution >= 0.6 is 23.4 Å². The van der Waals surface area contributed by atoms with Crippen molar-refractivity contribution < 1.29 is 9.59 Å². The van der Waals surface area contributed by atoms with E-state index in [4.69, 9.17) is 11.6 Å². The smallest absolute Gasteiger partial charge is 0.273 e. The van der Waals surface area contributed by atoms with Gasteiger partial charge in [-0.25, -0.2) is 0 Å². The highest BCUT2D eigenvalue weighted by Crippen LogP contribution is 2.17. The SMILES string of the molecule is O=C1CSC(=O)N1CC=CCCl. The summed E-state index contributed by atoms with van der Waals surface area (Å²) in [6, 6.07) is 0. The van der Waals surface area contributed by atoms with Crippen molar-refractivity contribution in [2.45, 2.75) is 0 Å². The molecule has 0 N–H and O–H groups in total. The third-order valence-corrected chi connectivity index (χ3v) is 2.42. The van der Waals surface area contributed by atoms with E-state index in [0.29, 0.717) is 12.4 Å². The van der Waals surface area contributed by atoms with Crippen LogP contribution in [0.1, 0.15) is 0 Å². The summed E-state index contributed by atoms with van der Waals surface area (Å²) in [6.45, 7) is 0.345. The Morgan fingerprint density at radius 2 is 2.25 bits per heavy atom. The minimum Gasteiger partial charge on any atom is -0.273 e. The summed E-state index contributed by atoms with van der Waals surface area (Å²) in [5, 5.41) is -0.167. The maximum atomic E-state index is 11.0. The van der Waals surface area contributed by atoms with Crippen LogP contribution in [0.5, 0.6) is 0 Å². The molecule has 0 atom stereocenters. The summed E-state index contributed by atoms with van der Waals surface area (Å²) >= 11 is 6.42. The number of carbonyl (C=O) groups is 2. The number of nitrogens with zero attached hydrogens (tertiary/aromatic N) is 1. The molecule has 0 spiro atoms. The zero-order valence-electron chi connectivity index (χ0n) is 6.33. The molecule has 0 saturated carbocycles. The number of amides is 2. The fourth-order valence-corrected chi connectivity index (χ4v) is 1.66. The van der Waals surface area contributed by atoms with Crippen molar-refractivity contribution in [3.8, 4) is 0 Å². The Bertz CT molecular complexity index is 213. The fourth-order valence-electron chi connectivity index (χ4n) is 0.800. The number of halogens is 1. The third-order valence-electron chi connectivity index (χ3n) is 1.38. The summed E-state index contributed by atoms with van der Waals surface area (Å²) < 4.78 is 0. The van der Waals surface area contributed by atoms with Gasteiger partial charge in [0.05, 0.1) is 5.75 Å². The van der Waals surface area contributed by atoms with Crippen LogP contribution < -0.4 is 0 Å². The molecule has 12 heavy (non-hydrogen) atoms. The molecule has 0 radical (unpaired) electrons. The van der Waals surface area contributed by atoms with Gasteiger partial charge in [-0.2, -0.15) is 0 Å². The minimum atomic E-state index is -0.167. The molecule has 1 fully saturated rings. The van der Waals surface area contributed by atoms with Crippen molar-refractivity contribution in [1.82, 2.24) is 4.90 Å². The van der Waals surface area contributed by atoms with E-state index >= 15 is 0 Å². The maximum absolute atomic E-state index is 11.0. The lowest BCUT2D eigenvalue weighted by Gasteiger charge is -2.08. The molecule has 3 nitrogen and oxygen atoms in total. The number of carbonyl (C=O) groups excluding carboxylic acids is 2. The lowest BCUT2D eigenvalue weighted by molar-refractivity contribution is -0.124. The Morgan fingerprint density at radius 3 is 2.75 bits per heavy atom. The van der Waals surface area contributed by atoms with E-state index in [1.807, 2.05) is 0 Å². The molecule has 1 aliphatic heterocycles. The van der Waals surface area contributed by atoms with Gasteiger partial charge >= 0.3 is 0 Å². The van der Waals surface area contributed by atoms with Gasteiger partial charge < -0.3 is 0 Å².